The Kier molecular flexibility index (Phi) is 2.05. The van der Waals surface area contributed by atoms with Crippen LogP contribution in [0.15, 0.2) is 36.5 Å². The number of nitrogens with zero attached hydrogens (tertiary/aromatic N) is 1. The van der Waals surface area contributed by atoms with Gasteiger partial charge in [-0.3, -0.25) is 4.98 Å². The number of fused-ring (bicyclic) bond motifs is 4. The van der Waals surface area contributed by atoms with E-state index in [0.717, 1.165) is 6.54 Å². The predicted molar refractivity (Wildman–Crippen MR) is 81.8 cm³/mol. The smallest absolute Gasteiger partial charge is 0.0714 e. The lowest BCUT2D eigenvalue weighted by Crippen LogP contribution is -2.16. The maximum absolute atomic E-state index is 4.72. The summed E-state index contributed by atoms with van der Waals surface area (Å²) >= 11 is 0. The SMILES string of the molecule is c1ccc2c(c1)cnc1cc3c4c(c12)CCCC4NC3. The largest absolute Gasteiger partial charge is 0.306 e. The van der Waals surface area contributed by atoms with Gasteiger partial charge in [0.2, 0.25) is 0 Å². The monoisotopic (exact) mass is 260 g/mol. The molecule has 0 spiro atoms. The van der Waals surface area contributed by atoms with Crippen LogP contribution in [0.5, 0.6) is 0 Å². The highest BCUT2D eigenvalue weighted by atomic mass is 14.9. The molecule has 0 saturated carbocycles. The number of nitrogens with one attached hydrogen (secondary N) is 1. The Balaban J connectivity index is 2.01. The van der Waals surface area contributed by atoms with Gasteiger partial charge in [-0.05, 0) is 47.4 Å². The first kappa shape index (κ1) is 10.8. The molecule has 2 heteroatoms. The van der Waals surface area contributed by atoms with E-state index in [1.54, 1.807) is 11.1 Å². The quantitative estimate of drug-likeness (QED) is 0.621. The summed E-state index contributed by atoms with van der Waals surface area (Å²) in [5.41, 5.74) is 5.78. The van der Waals surface area contributed by atoms with E-state index in [1.165, 1.54) is 46.5 Å². The Labute approximate surface area is 117 Å². The first-order chi connectivity index (χ1) is 9.92. The van der Waals surface area contributed by atoms with Crippen LogP contribution in [-0.2, 0) is 13.0 Å². The number of benzene rings is 2. The molecule has 0 fully saturated rings. The lowest BCUT2D eigenvalue weighted by atomic mass is 9.83. The number of rotatable bonds is 0. The summed E-state index contributed by atoms with van der Waals surface area (Å²) in [6.45, 7) is 1.01. The molecule has 1 atom stereocenters. The third-order valence-electron chi connectivity index (χ3n) is 4.92. The van der Waals surface area contributed by atoms with Gasteiger partial charge < -0.3 is 5.32 Å². The minimum Gasteiger partial charge on any atom is -0.306 e. The molecule has 1 unspecified atom stereocenters. The Morgan fingerprint density at radius 1 is 1.20 bits per heavy atom. The van der Waals surface area contributed by atoms with Gasteiger partial charge in [0.1, 0.15) is 0 Å². The van der Waals surface area contributed by atoms with Crippen molar-refractivity contribution in [3.05, 3.63) is 53.2 Å². The average Bonchev–Trinajstić information content (AvgIpc) is 2.92. The highest BCUT2D eigenvalue weighted by Crippen LogP contribution is 2.42. The van der Waals surface area contributed by atoms with E-state index in [1.807, 2.05) is 6.20 Å². The molecule has 0 amide bonds. The van der Waals surface area contributed by atoms with Crippen LogP contribution in [0.4, 0.5) is 0 Å². The van der Waals surface area contributed by atoms with E-state index >= 15 is 0 Å². The summed E-state index contributed by atoms with van der Waals surface area (Å²) < 4.78 is 0. The van der Waals surface area contributed by atoms with E-state index in [-0.39, 0.29) is 0 Å². The van der Waals surface area contributed by atoms with Crippen molar-refractivity contribution in [1.29, 1.82) is 0 Å². The molecule has 0 bridgehead atoms. The van der Waals surface area contributed by atoms with Crippen LogP contribution in [0.1, 0.15) is 35.6 Å². The highest BCUT2D eigenvalue weighted by molar-refractivity contribution is 6.08. The number of hydrogen-bond acceptors (Lipinski definition) is 2. The van der Waals surface area contributed by atoms with Crippen molar-refractivity contribution in [3.8, 4) is 0 Å². The van der Waals surface area contributed by atoms with Gasteiger partial charge in [-0.2, -0.15) is 0 Å². The standard InChI is InChI=1S/C18H16N2/c1-2-5-13-11(4-1)9-20-16-8-12-10-19-15-7-3-6-14(17(12)15)18(13)16/h1-2,4-5,8-9,15,19H,3,6-7,10H2. The van der Waals surface area contributed by atoms with Gasteiger partial charge in [-0.1, -0.05) is 24.3 Å². The fourth-order valence-electron chi connectivity index (χ4n) is 4.08. The average molecular weight is 260 g/mol. The molecule has 98 valence electrons. The van der Waals surface area contributed by atoms with Crippen LogP contribution < -0.4 is 5.32 Å². The molecule has 1 aliphatic carbocycles. The molecule has 2 heterocycles. The van der Waals surface area contributed by atoms with Crippen molar-refractivity contribution in [2.45, 2.75) is 31.8 Å². The summed E-state index contributed by atoms with van der Waals surface area (Å²) in [4.78, 5) is 4.72. The zero-order chi connectivity index (χ0) is 13.1. The van der Waals surface area contributed by atoms with Crippen molar-refractivity contribution in [1.82, 2.24) is 10.3 Å². The van der Waals surface area contributed by atoms with E-state index in [9.17, 15) is 0 Å². The Hall–Kier alpha value is -1.93. The molecule has 2 aliphatic rings. The third kappa shape index (κ3) is 1.30. The molecule has 2 nitrogen and oxygen atoms in total. The first-order valence-corrected chi connectivity index (χ1v) is 7.47. The Morgan fingerprint density at radius 2 is 2.15 bits per heavy atom. The fraction of sp³-hybridized carbons (Fsp3) is 0.278. The van der Waals surface area contributed by atoms with E-state index < -0.39 is 0 Å². The molecule has 1 N–H and O–H groups in total. The second-order valence-corrected chi connectivity index (χ2v) is 5.99. The van der Waals surface area contributed by atoms with Gasteiger partial charge in [0.05, 0.1) is 5.52 Å². The van der Waals surface area contributed by atoms with Crippen LogP contribution in [-0.4, -0.2) is 4.98 Å². The van der Waals surface area contributed by atoms with Crippen molar-refractivity contribution >= 4 is 21.7 Å². The van der Waals surface area contributed by atoms with Crippen LogP contribution in [0.2, 0.25) is 0 Å². The van der Waals surface area contributed by atoms with Crippen LogP contribution in [0, 0.1) is 0 Å². The van der Waals surface area contributed by atoms with Gasteiger partial charge >= 0.3 is 0 Å². The van der Waals surface area contributed by atoms with Gasteiger partial charge in [0.15, 0.2) is 0 Å². The van der Waals surface area contributed by atoms with E-state index in [0.29, 0.717) is 6.04 Å². The Morgan fingerprint density at radius 3 is 3.15 bits per heavy atom. The summed E-state index contributed by atoms with van der Waals surface area (Å²) in [5, 5.41) is 7.68. The summed E-state index contributed by atoms with van der Waals surface area (Å²) in [6.07, 6.45) is 5.78. The Bertz CT molecular complexity index is 851. The maximum Gasteiger partial charge on any atom is 0.0714 e. The van der Waals surface area contributed by atoms with Crippen LogP contribution in [0.3, 0.4) is 0 Å². The predicted octanol–water partition coefficient (Wildman–Crippen LogP) is 3.87. The van der Waals surface area contributed by atoms with Crippen molar-refractivity contribution < 1.29 is 0 Å². The molecular formula is C18H16N2. The summed E-state index contributed by atoms with van der Waals surface area (Å²) in [7, 11) is 0. The molecule has 2 aromatic carbocycles. The molecule has 1 aromatic heterocycles. The highest BCUT2D eigenvalue weighted by Gasteiger charge is 2.29. The minimum atomic E-state index is 0.581. The molecule has 20 heavy (non-hydrogen) atoms. The zero-order valence-electron chi connectivity index (χ0n) is 11.3. The maximum atomic E-state index is 4.72. The van der Waals surface area contributed by atoms with Crippen LogP contribution in [0.25, 0.3) is 21.7 Å². The molecule has 3 aromatic rings. The molecule has 0 saturated heterocycles. The van der Waals surface area contributed by atoms with E-state index in [2.05, 4.69) is 35.6 Å². The van der Waals surface area contributed by atoms with Crippen molar-refractivity contribution in [2.24, 2.45) is 0 Å². The third-order valence-corrected chi connectivity index (χ3v) is 4.92. The molecule has 1 aliphatic heterocycles. The lowest BCUT2D eigenvalue weighted by molar-refractivity contribution is 0.499. The van der Waals surface area contributed by atoms with Gasteiger partial charge in [0, 0.05) is 29.6 Å². The zero-order valence-corrected chi connectivity index (χ0v) is 11.3. The van der Waals surface area contributed by atoms with Crippen molar-refractivity contribution in [3.63, 3.8) is 0 Å². The fourth-order valence-corrected chi connectivity index (χ4v) is 4.08. The lowest BCUT2D eigenvalue weighted by Gasteiger charge is -2.23. The van der Waals surface area contributed by atoms with Gasteiger partial charge in [0.25, 0.3) is 0 Å². The minimum absolute atomic E-state index is 0.581. The normalized spacial score (nSPS) is 20.5. The molecule has 0 radical (unpaired) electrons. The topological polar surface area (TPSA) is 24.9 Å². The number of aryl methyl sites for hydroxylation is 1. The van der Waals surface area contributed by atoms with Gasteiger partial charge in [-0.15, -0.1) is 0 Å². The first-order valence-electron chi connectivity index (χ1n) is 7.47. The van der Waals surface area contributed by atoms with Crippen molar-refractivity contribution in [2.75, 3.05) is 0 Å². The second kappa shape index (κ2) is 3.80. The molecule has 5 rings (SSSR count). The van der Waals surface area contributed by atoms with E-state index in [4.69, 9.17) is 4.98 Å². The summed E-state index contributed by atoms with van der Waals surface area (Å²) in [6, 6.07) is 11.5. The van der Waals surface area contributed by atoms with Gasteiger partial charge in [-0.25, -0.2) is 0 Å². The number of aromatic nitrogens is 1. The number of pyridine rings is 1. The van der Waals surface area contributed by atoms with Crippen LogP contribution >= 0.6 is 0 Å². The summed E-state index contributed by atoms with van der Waals surface area (Å²) in [5.74, 6) is 0. The second-order valence-electron chi connectivity index (χ2n) is 5.99. The molecular weight excluding hydrogens is 244 g/mol. The number of hydrogen-bond donors (Lipinski definition) is 1.